The molecule has 11 heteroatoms. The zero-order valence-electron chi connectivity index (χ0n) is 9.81. The largest absolute Gasteiger partial charge is 1.00 e. The summed E-state index contributed by atoms with van der Waals surface area (Å²) in [5, 5.41) is 21.1. The van der Waals surface area contributed by atoms with E-state index in [0.29, 0.717) is 0 Å². The fourth-order valence-electron chi connectivity index (χ4n) is 1.28. The van der Waals surface area contributed by atoms with E-state index in [9.17, 15) is 33.2 Å². The second-order valence-electron chi connectivity index (χ2n) is 3.34. The molecule has 0 aromatic heterocycles. The van der Waals surface area contributed by atoms with Gasteiger partial charge in [0, 0.05) is 17.4 Å². The molecule has 0 atom stereocenters. The van der Waals surface area contributed by atoms with E-state index in [-0.39, 0.29) is 41.5 Å². The molecule has 0 fully saturated rings. The van der Waals surface area contributed by atoms with Crippen LogP contribution in [0.4, 0.5) is 11.4 Å². The minimum Gasteiger partial charge on any atom is -0.748 e. The molecule has 0 aliphatic heterocycles. The smallest absolute Gasteiger partial charge is 0.748 e. The second-order valence-corrected chi connectivity index (χ2v) is 4.86. The average Bonchev–Trinajstić information content (AvgIpc) is 2.24. The van der Waals surface area contributed by atoms with Crippen molar-refractivity contribution in [2.45, 2.75) is 6.42 Å². The fraction of sp³-hybridized carbons (Fsp3) is 0.250. The number of hydrogen-bond donors (Lipinski definition) is 0. The van der Waals surface area contributed by atoms with Crippen LogP contribution in [0.2, 0.25) is 0 Å². The number of nitro groups is 2. The van der Waals surface area contributed by atoms with Crippen LogP contribution in [0.3, 0.4) is 0 Å². The zero-order chi connectivity index (χ0) is 13.9. The van der Waals surface area contributed by atoms with Gasteiger partial charge >= 0.3 is 29.6 Å². The number of nitro benzene ring substituents is 2. The zero-order valence-corrected chi connectivity index (χ0v) is 12.6. The van der Waals surface area contributed by atoms with Crippen molar-refractivity contribution in [3.05, 3.63) is 44.0 Å². The SMILES string of the molecule is O=[N+]([O-])c1ccc(CCS(=O)(=O)[O-])c([N+](=O)[O-])c1.[Na+]. The number of non-ortho nitro benzene ring substituents is 1. The Labute approximate surface area is 130 Å². The van der Waals surface area contributed by atoms with E-state index in [2.05, 4.69) is 0 Å². The van der Waals surface area contributed by atoms with Gasteiger partial charge in [0.15, 0.2) is 0 Å². The van der Waals surface area contributed by atoms with Gasteiger partial charge in [0.05, 0.1) is 26.0 Å². The molecule has 0 spiro atoms. The Morgan fingerprint density at radius 2 is 1.68 bits per heavy atom. The first-order valence-corrected chi connectivity index (χ1v) is 6.14. The van der Waals surface area contributed by atoms with Crippen LogP contribution >= 0.6 is 0 Å². The van der Waals surface area contributed by atoms with Crippen molar-refractivity contribution >= 4 is 21.5 Å². The molecule has 1 rings (SSSR count). The van der Waals surface area contributed by atoms with Gasteiger partial charge in [-0.25, -0.2) is 8.42 Å². The second kappa shape index (κ2) is 6.91. The summed E-state index contributed by atoms with van der Waals surface area (Å²) in [6.07, 6.45) is -0.361. The Morgan fingerprint density at radius 1 is 1.11 bits per heavy atom. The van der Waals surface area contributed by atoms with E-state index in [4.69, 9.17) is 0 Å². The number of aryl methyl sites for hydroxylation is 1. The normalized spacial score (nSPS) is 10.6. The molecular formula is C8H7N2NaO7S. The number of benzene rings is 1. The van der Waals surface area contributed by atoms with Gasteiger partial charge in [-0.1, -0.05) is 0 Å². The molecule has 19 heavy (non-hydrogen) atoms. The van der Waals surface area contributed by atoms with Crippen molar-refractivity contribution in [3.63, 3.8) is 0 Å². The van der Waals surface area contributed by atoms with Gasteiger partial charge < -0.3 is 4.55 Å². The molecule has 0 N–H and O–H groups in total. The van der Waals surface area contributed by atoms with E-state index < -0.39 is 37.1 Å². The van der Waals surface area contributed by atoms with Crippen LogP contribution in [0.15, 0.2) is 18.2 Å². The molecule has 0 saturated carbocycles. The van der Waals surface area contributed by atoms with Crippen LogP contribution in [0.5, 0.6) is 0 Å². The molecule has 0 heterocycles. The summed E-state index contributed by atoms with van der Waals surface area (Å²) in [5.41, 5.74) is -1.09. The Morgan fingerprint density at radius 3 is 2.11 bits per heavy atom. The van der Waals surface area contributed by atoms with Gasteiger partial charge in [-0.15, -0.1) is 0 Å². The summed E-state index contributed by atoms with van der Waals surface area (Å²) < 4.78 is 31.3. The van der Waals surface area contributed by atoms with Crippen molar-refractivity contribution in [2.75, 3.05) is 5.75 Å². The molecule has 0 saturated heterocycles. The number of nitrogens with zero attached hydrogens (tertiary/aromatic N) is 2. The molecule has 0 radical (unpaired) electrons. The van der Waals surface area contributed by atoms with Crippen molar-refractivity contribution in [1.29, 1.82) is 0 Å². The molecule has 0 aliphatic rings. The van der Waals surface area contributed by atoms with E-state index >= 15 is 0 Å². The van der Waals surface area contributed by atoms with Crippen molar-refractivity contribution in [1.82, 2.24) is 0 Å². The maximum absolute atomic E-state index is 10.7. The summed E-state index contributed by atoms with van der Waals surface area (Å²) in [4.78, 5) is 19.5. The summed E-state index contributed by atoms with van der Waals surface area (Å²) in [7, 11) is -4.50. The maximum Gasteiger partial charge on any atom is 1.00 e. The predicted molar refractivity (Wildman–Crippen MR) is 58.0 cm³/mol. The first kappa shape index (κ1) is 17.9. The molecule has 9 nitrogen and oxygen atoms in total. The minimum absolute atomic E-state index is 0. The van der Waals surface area contributed by atoms with Crippen molar-refractivity contribution in [3.8, 4) is 0 Å². The van der Waals surface area contributed by atoms with Gasteiger partial charge in [-0.3, -0.25) is 20.2 Å². The number of rotatable bonds is 5. The maximum atomic E-state index is 10.7. The van der Waals surface area contributed by atoms with E-state index in [0.717, 1.165) is 18.2 Å². The van der Waals surface area contributed by atoms with Gasteiger partial charge in [-0.05, 0) is 12.5 Å². The van der Waals surface area contributed by atoms with E-state index in [1.807, 2.05) is 0 Å². The molecule has 0 unspecified atom stereocenters. The third kappa shape index (κ3) is 5.61. The molecule has 0 bridgehead atoms. The number of hydrogen-bond acceptors (Lipinski definition) is 7. The topological polar surface area (TPSA) is 143 Å². The van der Waals surface area contributed by atoms with Gasteiger partial charge in [0.2, 0.25) is 0 Å². The molecule has 1 aromatic carbocycles. The molecule has 0 aliphatic carbocycles. The third-order valence-electron chi connectivity index (χ3n) is 2.10. The van der Waals surface area contributed by atoms with Gasteiger partial charge in [0.1, 0.15) is 0 Å². The van der Waals surface area contributed by atoms with Crippen molar-refractivity contribution < 1.29 is 52.4 Å². The Kier molecular flexibility index (Phi) is 6.52. The fourth-order valence-corrected chi connectivity index (χ4v) is 1.75. The summed E-state index contributed by atoms with van der Waals surface area (Å²) in [5.74, 6) is -0.800. The molecule has 0 amide bonds. The summed E-state index contributed by atoms with van der Waals surface area (Å²) >= 11 is 0. The van der Waals surface area contributed by atoms with Crippen LogP contribution in [0, 0.1) is 20.2 Å². The Balaban J connectivity index is 0.00000324. The standard InChI is InChI=1S/C8H8N2O7S.Na/c11-9(12)7-2-1-6(3-4-18(15,16)17)8(5-7)10(13)14;/h1-2,5H,3-4H2,(H,15,16,17);/q;+1/p-1. The van der Waals surface area contributed by atoms with Crippen LogP contribution < -0.4 is 29.6 Å². The van der Waals surface area contributed by atoms with Crippen molar-refractivity contribution in [2.24, 2.45) is 0 Å². The molecule has 98 valence electrons. The molecular weight excluding hydrogens is 291 g/mol. The Hall–Kier alpha value is -1.07. The van der Waals surface area contributed by atoms with E-state index in [1.54, 1.807) is 0 Å². The first-order chi connectivity index (χ1) is 8.20. The Bertz CT molecular complexity index is 601. The van der Waals surface area contributed by atoms with Gasteiger partial charge in [-0.2, -0.15) is 0 Å². The monoisotopic (exact) mass is 298 g/mol. The van der Waals surface area contributed by atoms with Gasteiger partial charge in [0.25, 0.3) is 11.4 Å². The summed E-state index contributed by atoms with van der Waals surface area (Å²) in [6.45, 7) is 0. The average molecular weight is 298 g/mol. The van der Waals surface area contributed by atoms with Crippen LogP contribution in [-0.4, -0.2) is 28.6 Å². The van der Waals surface area contributed by atoms with Crippen LogP contribution in [-0.2, 0) is 16.5 Å². The first-order valence-electron chi connectivity index (χ1n) is 4.56. The van der Waals surface area contributed by atoms with E-state index in [1.165, 1.54) is 0 Å². The summed E-state index contributed by atoms with van der Waals surface area (Å²) in [6, 6.07) is 2.81. The third-order valence-corrected chi connectivity index (χ3v) is 2.80. The van der Waals surface area contributed by atoms with Crippen LogP contribution in [0.1, 0.15) is 5.56 Å². The quantitative estimate of drug-likeness (QED) is 0.255. The predicted octanol–water partition coefficient (Wildman–Crippen LogP) is -2.41. The minimum atomic E-state index is -4.50. The molecule has 1 aromatic rings. The van der Waals surface area contributed by atoms with Crippen LogP contribution in [0.25, 0.3) is 0 Å².